The van der Waals surface area contributed by atoms with Crippen molar-refractivity contribution in [3.8, 4) is 11.4 Å². The lowest BCUT2D eigenvalue weighted by molar-refractivity contribution is -0.118. The number of aryl methyl sites for hydroxylation is 1. The molecule has 0 aliphatic carbocycles. The minimum atomic E-state index is -0.0976. The zero-order valence-electron chi connectivity index (χ0n) is 19.2. The van der Waals surface area contributed by atoms with Crippen LogP contribution in [0.15, 0.2) is 54.6 Å². The summed E-state index contributed by atoms with van der Waals surface area (Å²) in [6.45, 7) is 7.33. The normalized spacial score (nSPS) is 10.4. The van der Waals surface area contributed by atoms with Gasteiger partial charge in [0.05, 0.1) is 0 Å². The van der Waals surface area contributed by atoms with Crippen molar-refractivity contribution >= 4 is 23.5 Å². The van der Waals surface area contributed by atoms with Crippen LogP contribution >= 0.6 is 0 Å². The molecule has 2 amide bonds. The Kier molecular flexibility index (Phi) is 8.35. The van der Waals surface area contributed by atoms with E-state index in [0.29, 0.717) is 49.2 Å². The summed E-state index contributed by atoms with van der Waals surface area (Å²) in [5.41, 5.74) is 3.38. The first-order valence-corrected chi connectivity index (χ1v) is 11.0. The third-order valence-electron chi connectivity index (χ3n) is 5.06. The molecule has 172 valence electrons. The number of rotatable bonds is 10. The van der Waals surface area contributed by atoms with Crippen LogP contribution in [0, 0.1) is 13.8 Å². The van der Waals surface area contributed by atoms with E-state index in [1.54, 1.807) is 0 Å². The van der Waals surface area contributed by atoms with Gasteiger partial charge < -0.3 is 21.3 Å². The molecule has 1 aromatic heterocycles. The number of hydrogen-bond acceptors (Lipinski definition) is 6. The number of carbonyl (C=O) groups is 2. The van der Waals surface area contributed by atoms with Crippen molar-refractivity contribution in [2.24, 2.45) is 0 Å². The van der Waals surface area contributed by atoms with Crippen molar-refractivity contribution < 1.29 is 9.59 Å². The number of nitrogens with one attached hydrogen (secondary N) is 4. The Labute approximate surface area is 194 Å². The highest BCUT2D eigenvalue weighted by molar-refractivity contribution is 5.95. The van der Waals surface area contributed by atoms with Gasteiger partial charge in [-0.25, -0.2) is 9.97 Å². The lowest BCUT2D eigenvalue weighted by Crippen LogP contribution is -2.29. The van der Waals surface area contributed by atoms with Gasteiger partial charge in [-0.2, -0.15) is 0 Å². The van der Waals surface area contributed by atoms with Gasteiger partial charge in [0.2, 0.25) is 5.91 Å². The molecule has 0 spiro atoms. The van der Waals surface area contributed by atoms with Gasteiger partial charge in [0, 0.05) is 49.8 Å². The first-order valence-electron chi connectivity index (χ1n) is 11.0. The molecular weight excluding hydrogens is 416 g/mol. The van der Waals surface area contributed by atoms with Crippen LogP contribution in [0.4, 0.5) is 11.6 Å². The lowest BCUT2D eigenvalue weighted by Gasteiger charge is -2.16. The maximum Gasteiger partial charge on any atom is 0.251 e. The Hall–Kier alpha value is -3.94. The highest BCUT2D eigenvalue weighted by Crippen LogP contribution is 2.24. The topological polar surface area (TPSA) is 108 Å². The molecule has 8 heteroatoms. The second-order valence-electron chi connectivity index (χ2n) is 7.64. The number of benzene rings is 2. The van der Waals surface area contributed by atoms with E-state index in [2.05, 4.69) is 26.3 Å². The number of nitrogens with zero attached hydrogens (tertiary/aromatic N) is 2. The van der Waals surface area contributed by atoms with Gasteiger partial charge in [0.25, 0.3) is 5.91 Å². The van der Waals surface area contributed by atoms with Gasteiger partial charge in [0.15, 0.2) is 5.82 Å². The Morgan fingerprint density at radius 1 is 0.758 bits per heavy atom. The Balaban J connectivity index is 1.68. The summed E-state index contributed by atoms with van der Waals surface area (Å²) < 4.78 is 0. The molecule has 0 fully saturated rings. The van der Waals surface area contributed by atoms with Crippen molar-refractivity contribution in [1.82, 2.24) is 20.6 Å². The van der Waals surface area contributed by atoms with Crippen LogP contribution in [0.1, 0.15) is 28.4 Å². The molecule has 0 atom stereocenters. The summed E-state index contributed by atoms with van der Waals surface area (Å²) in [4.78, 5) is 32.9. The van der Waals surface area contributed by atoms with E-state index in [-0.39, 0.29) is 11.8 Å². The maximum atomic E-state index is 12.4. The van der Waals surface area contributed by atoms with E-state index < -0.39 is 0 Å². The second-order valence-corrected chi connectivity index (χ2v) is 7.64. The number of anilines is 2. The zero-order chi connectivity index (χ0) is 23.6. The van der Waals surface area contributed by atoms with Crippen LogP contribution in [0.25, 0.3) is 11.4 Å². The number of carbonyl (C=O) groups excluding carboxylic acids is 2. The Morgan fingerprint density at radius 2 is 1.33 bits per heavy atom. The Morgan fingerprint density at radius 3 is 1.94 bits per heavy atom. The molecule has 2 aromatic carbocycles. The van der Waals surface area contributed by atoms with E-state index in [4.69, 9.17) is 4.98 Å². The molecule has 0 radical (unpaired) electrons. The summed E-state index contributed by atoms with van der Waals surface area (Å²) in [6, 6.07) is 17.2. The van der Waals surface area contributed by atoms with E-state index in [0.717, 1.165) is 16.7 Å². The SMILES string of the molecule is CC(=O)NCCNc1nc(-c2ccccc2)nc(NCCNC(=O)c2ccccc2C)c1C. The smallest absolute Gasteiger partial charge is 0.251 e. The summed E-state index contributed by atoms with van der Waals surface area (Å²) >= 11 is 0. The first-order chi connectivity index (χ1) is 16.0. The molecule has 3 aromatic rings. The molecule has 0 bridgehead atoms. The zero-order valence-corrected chi connectivity index (χ0v) is 19.2. The summed E-state index contributed by atoms with van der Waals surface area (Å²) in [7, 11) is 0. The predicted octanol–water partition coefficient (Wildman–Crippen LogP) is 3.15. The summed E-state index contributed by atoms with van der Waals surface area (Å²) in [5.74, 6) is 1.81. The molecule has 3 rings (SSSR count). The van der Waals surface area contributed by atoms with E-state index in [1.807, 2.05) is 68.4 Å². The predicted molar refractivity (Wildman–Crippen MR) is 131 cm³/mol. The van der Waals surface area contributed by atoms with Crippen molar-refractivity contribution in [1.29, 1.82) is 0 Å². The molecule has 0 unspecified atom stereocenters. The summed E-state index contributed by atoms with van der Waals surface area (Å²) in [5, 5.41) is 12.3. The molecule has 8 nitrogen and oxygen atoms in total. The summed E-state index contributed by atoms with van der Waals surface area (Å²) in [6.07, 6.45) is 0. The highest BCUT2D eigenvalue weighted by Gasteiger charge is 2.13. The fourth-order valence-corrected chi connectivity index (χ4v) is 3.28. The van der Waals surface area contributed by atoms with Crippen LogP contribution in [0.5, 0.6) is 0 Å². The fraction of sp³-hybridized carbons (Fsp3) is 0.280. The van der Waals surface area contributed by atoms with E-state index in [9.17, 15) is 9.59 Å². The van der Waals surface area contributed by atoms with E-state index >= 15 is 0 Å². The molecule has 0 aliphatic heterocycles. The van der Waals surface area contributed by atoms with Gasteiger partial charge >= 0.3 is 0 Å². The van der Waals surface area contributed by atoms with Crippen molar-refractivity contribution in [3.63, 3.8) is 0 Å². The highest BCUT2D eigenvalue weighted by atomic mass is 16.2. The average Bonchev–Trinajstić information content (AvgIpc) is 2.81. The largest absolute Gasteiger partial charge is 0.368 e. The molecule has 0 saturated heterocycles. The number of amides is 2. The van der Waals surface area contributed by atoms with Crippen molar-refractivity contribution in [2.45, 2.75) is 20.8 Å². The molecule has 1 heterocycles. The van der Waals surface area contributed by atoms with Crippen LogP contribution in [-0.4, -0.2) is 48.0 Å². The van der Waals surface area contributed by atoms with Crippen LogP contribution in [0.3, 0.4) is 0 Å². The van der Waals surface area contributed by atoms with Crippen molar-refractivity contribution in [3.05, 3.63) is 71.3 Å². The average molecular weight is 447 g/mol. The van der Waals surface area contributed by atoms with Gasteiger partial charge in [-0.15, -0.1) is 0 Å². The Bertz CT molecular complexity index is 1100. The van der Waals surface area contributed by atoms with Crippen molar-refractivity contribution in [2.75, 3.05) is 36.8 Å². The lowest BCUT2D eigenvalue weighted by atomic mass is 10.1. The monoisotopic (exact) mass is 446 g/mol. The minimum Gasteiger partial charge on any atom is -0.368 e. The number of hydrogen-bond donors (Lipinski definition) is 4. The van der Waals surface area contributed by atoms with Gasteiger partial charge in [0.1, 0.15) is 11.6 Å². The quantitative estimate of drug-likeness (QED) is 0.356. The van der Waals surface area contributed by atoms with Gasteiger partial charge in [-0.05, 0) is 25.5 Å². The first kappa shape index (κ1) is 23.7. The molecule has 0 aliphatic rings. The van der Waals surface area contributed by atoms with Crippen LogP contribution in [-0.2, 0) is 4.79 Å². The van der Waals surface area contributed by atoms with Crippen LogP contribution < -0.4 is 21.3 Å². The molecule has 33 heavy (non-hydrogen) atoms. The van der Waals surface area contributed by atoms with Gasteiger partial charge in [-0.1, -0.05) is 48.5 Å². The fourth-order valence-electron chi connectivity index (χ4n) is 3.28. The second kappa shape index (κ2) is 11.6. The minimum absolute atomic E-state index is 0.0729. The standard InChI is InChI=1S/C25H30N6O2/c1-17-9-7-8-12-21(17)25(33)29-16-15-28-23-18(2)22(27-14-13-26-19(3)32)30-24(31-23)20-10-5-4-6-11-20/h4-12H,13-16H2,1-3H3,(H,26,32)(H,29,33)(H2,27,28,30,31). The molecular formula is C25H30N6O2. The molecule has 4 N–H and O–H groups in total. The maximum absolute atomic E-state index is 12.4. The van der Waals surface area contributed by atoms with E-state index in [1.165, 1.54) is 6.92 Å². The number of aromatic nitrogens is 2. The molecule has 0 saturated carbocycles. The third kappa shape index (κ3) is 6.77. The van der Waals surface area contributed by atoms with Gasteiger partial charge in [-0.3, -0.25) is 9.59 Å². The van der Waals surface area contributed by atoms with Crippen LogP contribution in [0.2, 0.25) is 0 Å². The third-order valence-corrected chi connectivity index (χ3v) is 5.06.